The minimum Gasteiger partial charge on any atom is -0.373 e. The number of ether oxygens (including phenoxy) is 1. The predicted octanol–water partition coefficient (Wildman–Crippen LogP) is 1.39. The van der Waals surface area contributed by atoms with Crippen LogP contribution < -0.4 is 0 Å². The molecular weight excluding hydrogens is 284 g/mol. The van der Waals surface area contributed by atoms with E-state index in [-0.39, 0.29) is 30.2 Å². The molecule has 1 aliphatic heterocycles. The Kier molecular flexibility index (Phi) is 4.07. The number of hydrogen-bond acceptors (Lipinski definition) is 5. The van der Waals surface area contributed by atoms with Crippen LogP contribution in [0.2, 0.25) is 0 Å². The third-order valence-electron chi connectivity index (χ3n) is 3.07. The molecule has 1 heterocycles. The van der Waals surface area contributed by atoms with Crippen LogP contribution in [-0.4, -0.2) is 42.9 Å². The van der Waals surface area contributed by atoms with E-state index in [1.54, 1.807) is 13.8 Å². The van der Waals surface area contributed by atoms with Gasteiger partial charge in [0, 0.05) is 19.2 Å². The third-order valence-corrected chi connectivity index (χ3v) is 4.94. The van der Waals surface area contributed by atoms with E-state index in [1.165, 1.54) is 28.6 Å². The van der Waals surface area contributed by atoms with Gasteiger partial charge < -0.3 is 4.74 Å². The van der Waals surface area contributed by atoms with Crippen molar-refractivity contribution >= 4 is 15.7 Å². The van der Waals surface area contributed by atoms with Crippen LogP contribution in [0.25, 0.3) is 0 Å². The van der Waals surface area contributed by atoms with Gasteiger partial charge in [-0.2, -0.15) is 4.31 Å². The lowest BCUT2D eigenvalue weighted by molar-refractivity contribution is -0.387. The summed E-state index contributed by atoms with van der Waals surface area (Å²) >= 11 is 0. The summed E-state index contributed by atoms with van der Waals surface area (Å²) in [7, 11) is -3.89. The van der Waals surface area contributed by atoms with Crippen molar-refractivity contribution in [1.29, 1.82) is 0 Å². The molecule has 0 radical (unpaired) electrons. The van der Waals surface area contributed by atoms with Crippen molar-refractivity contribution in [3.63, 3.8) is 0 Å². The van der Waals surface area contributed by atoms with Crippen LogP contribution in [0.15, 0.2) is 29.2 Å². The maximum atomic E-state index is 12.6. The second kappa shape index (κ2) is 5.47. The molecule has 0 aliphatic carbocycles. The van der Waals surface area contributed by atoms with Gasteiger partial charge in [-0.05, 0) is 19.9 Å². The van der Waals surface area contributed by atoms with Gasteiger partial charge in [0.05, 0.1) is 17.1 Å². The standard InChI is InChI=1S/C12H16N2O5S/c1-9-7-13(8-10(2)19-9)20(17,18)12-6-4-3-5-11(12)14(15)16/h3-6,9-10H,7-8H2,1-2H3. The maximum Gasteiger partial charge on any atom is 0.289 e. The minimum atomic E-state index is -3.89. The third kappa shape index (κ3) is 2.82. The van der Waals surface area contributed by atoms with Crippen molar-refractivity contribution in [2.45, 2.75) is 31.0 Å². The lowest BCUT2D eigenvalue weighted by Gasteiger charge is -2.34. The van der Waals surface area contributed by atoms with Gasteiger partial charge in [0.2, 0.25) is 10.0 Å². The fourth-order valence-electron chi connectivity index (χ4n) is 2.29. The monoisotopic (exact) mass is 300 g/mol. The van der Waals surface area contributed by atoms with Crippen molar-refractivity contribution < 1.29 is 18.1 Å². The Bertz CT molecular complexity index is 606. The molecule has 1 aliphatic rings. The highest BCUT2D eigenvalue weighted by molar-refractivity contribution is 7.89. The number of benzene rings is 1. The molecule has 0 bridgehead atoms. The molecule has 0 spiro atoms. The second-order valence-electron chi connectivity index (χ2n) is 4.80. The van der Waals surface area contributed by atoms with Crippen LogP contribution >= 0.6 is 0 Å². The van der Waals surface area contributed by atoms with Gasteiger partial charge in [-0.15, -0.1) is 0 Å². The summed E-state index contributed by atoms with van der Waals surface area (Å²) in [6, 6.07) is 5.38. The number of nitrogens with zero attached hydrogens (tertiary/aromatic N) is 2. The molecule has 1 aromatic carbocycles. The molecule has 2 atom stereocenters. The Balaban J connectivity index is 2.43. The fourth-order valence-corrected chi connectivity index (χ4v) is 4.04. The zero-order valence-electron chi connectivity index (χ0n) is 11.2. The summed E-state index contributed by atoms with van der Waals surface area (Å²) < 4.78 is 31.9. The molecule has 20 heavy (non-hydrogen) atoms. The van der Waals surface area contributed by atoms with Crippen molar-refractivity contribution in [2.24, 2.45) is 0 Å². The highest BCUT2D eigenvalue weighted by Crippen LogP contribution is 2.28. The Hall–Kier alpha value is -1.51. The van der Waals surface area contributed by atoms with Crippen LogP contribution in [0.1, 0.15) is 13.8 Å². The van der Waals surface area contributed by atoms with Crippen molar-refractivity contribution in [1.82, 2.24) is 4.31 Å². The molecule has 7 nitrogen and oxygen atoms in total. The topological polar surface area (TPSA) is 89.8 Å². The summed E-state index contributed by atoms with van der Waals surface area (Å²) in [4.78, 5) is 10.0. The number of sulfonamides is 1. The van der Waals surface area contributed by atoms with E-state index in [4.69, 9.17) is 4.74 Å². The Morgan fingerprint density at radius 3 is 2.35 bits per heavy atom. The second-order valence-corrected chi connectivity index (χ2v) is 6.71. The number of nitro benzene ring substituents is 1. The first-order valence-corrected chi connectivity index (χ1v) is 7.65. The molecule has 1 fully saturated rings. The van der Waals surface area contributed by atoms with Crippen LogP contribution in [-0.2, 0) is 14.8 Å². The van der Waals surface area contributed by atoms with Crippen LogP contribution in [0.3, 0.4) is 0 Å². The average molecular weight is 300 g/mol. The van der Waals surface area contributed by atoms with E-state index in [0.717, 1.165) is 0 Å². The first-order valence-electron chi connectivity index (χ1n) is 6.21. The normalized spacial score (nSPS) is 24.5. The quantitative estimate of drug-likeness (QED) is 0.621. The number of para-hydroxylation sites is 1. The summed E-state index contributed by atoms with van der Waals surface area (Å²) in [6.45, 7) is 3.94. The van der Waals surface area contributed by atoms with Crippen LogP contribution in [0.4, 0.5) is 5.69 Å². The Morgan fingerprint density at radius 1 is 1.25 bits per heavy atom. The average Bonchev–Trinajstić information content (AvgIpc) is 2.37. The molecule has 1 saturated heterocycles. The van der Waals surface area contributed by atoms with Gasteiger partial charge in [0.25, 0.3) is 5.69 Å². The molecule has 2 unspecified atom stereocenters. The maximum absolute atomic E-state index is 12.6. The van der Waals surface area contributed by atoms with Crippen LogP contribution in [0.5, 0.6) is 0 Å². The fraction of sp³-hybridized carbons (Fsp3) is 0.500. The van der Waals surface area contributed by atoms with Gasteiger partial charge in [-0.3, -0.25) is 10.1 Å². The van der Waals surface area contributed by atoms with Gasteiger partial charge in [-0.1, -0.05) is 12.1 Å². The van der Waals surface area contributed by atoms with Crippen molar-refractivity contribution in [3.05, 3.63) is 34.4 Å². The van der Waals surface area contributed by atoms with E-state index in [0.29, 0.717) is 0 Å². The SMILES string of the molecule is CC1CN(S(=O)(=O)c2ccccc2[N+](=O)[O-])CC(C)O1. The zero-order chi connectivity index (χ0) is 14.9. The molecule has 0 amide bonds. The summed E-state index contributed by atoms with van der Waals surface area (Å²) in [5.41, 5.74) is -0.403. The van der Waals surface area contributed by atoms with Gasteiger partial charge >= 0.3 is 0 Å². The number of rotatable bonds is 3. The Labute approximate surface area is 117 Å². The molecule has 2 rings (SSSR count). The molecule has 1 aromatic rings. The van der Waals surface area contributed by atoms with E-state index in [2.05, 4.69) is 0 Å². The molecule has 0 saturated carbocycles. The van der Waals surface area contributed by atoms with Gasteiger partial charge in [-0.25, -0.2) is 8.42 Å². The van der Waals surface area contributed by atoms with E-state index < -0.39 is 20.6 Å². The molecule has 8 heteroatoms. The lowest BCUT2D eigenvalue weighted by atomic mass is 10.3. The summed E-state index contributed by atoms with van der Waals surface area (Å²) in [6.07, 6.45) is -0.479. The number of nitro groups is 1. The van der Waals surface area contributed by atoms with Crippen LogP contribution in [0, 0.1) is 10.1 Å². The smallest absolute Gasteiger partial charge is 0.289 e. The summed E-state index contributed by atoms with van der Waals surface area (Å²) in [5.74, 6) is 0. The zero-order valence-corrected chi connectivity index (χ0v) is 12.0. The van der Waals surface area contributed by atoms with Crippen molar-refractivity contribution in [2.75, 3.05) is 13.1 Å². The minimum absolute atomic E-state index is 0.193. The Morgan fingerprint density at radius 2 is 1.80 bits per heavy atom. The first-order chi connectivity index (χ1) is 9.32. The molecule has 0 aromatic heterocycles. The molecule has 110 valence electrons. The lowest BCUT2D eigenvalue weighted by Crippen LogP contribution is -2.48. The molecule has 0 N–H and O–H groups in total. The highest BCUT2D eigenvalue weighted by Gasteiger charge is 2.35. The largest absolute Gasteiger partial charge is 0.373 e. The highest BCUT2D eigenvalue weighted by atomic mass is 32.2. The van der Waals surface area contributed by atoms with Gasteiger partial charge in [0.1, 0.15) is 0 Å². The van der Waals surface area contributed by atoms with E-state index in [9.17, 15) is 18.5 Å². The first kappa shape index (κ1) is 14.9. The van der Waals surface area contributed by atoms with E-state index >= 15 is 0 Å². The number of morpholine rings is 1. The predicted molar refractivity (Wildman–Crippen MR) is 71.9 cm³/mol. The van der Waals surface area contributed by atoms with E-state index in [1.807, 2.05) is 0 Å². The van der Waals surface area contributed by atoms with Crippen molar-refractivity contribution in [3.8, 4) is 0 Å². The van der Waals surface area contributed by atoms with Gasteiger partial charge in [0.15, 0.2) is 4.90 Å². The molecular formula is C12H16N2O5S. The summed E-state index contributed by atoms with van der Waals surface area (Å²) in [5, 5.41) is 11.0. The number of hydrogen-bond donors (Lipinski definition) is 0.